The predicted octanol–water partition coefficient (Wildman–Crippen LogP) is 3.66. The van der Waals surface area contributed by atoms with E-state index < -0.39 is 5.97 Å². The lowest BCUT2D eigenvalue weighted by molar-refractivity contribution is -0.136. The molecule has 0 spiro atoms. The third-order valence-corrected chi connectivity index (χ3v) is 5.05. The van der Waals surface area contributed by atoms with Gasteiger partial charge in [-0.25, -0.2) is 4.98 Å². The van der Waals surface area contributed by atoms with Crippen LogP contribution in [0.25, 0.3) is 0 Å². The molecule has 1 aliphatic heterocycles. The molecule has 1 atom stereocenters. The van der Waals surface area contributed by atoms with E-state index in [2.05, 4.69) is 25.7 Å². The summed E-state index contributed by atoms with van der Waals surface area (Å²) < 4.78 is 0. The lowest BCUT2D eigenvalue weighted by Gasteiger charge is -2.33. The van der Waals surface area contributed by atoms with Crippen molar-refractivity contribution >= 4 is 22.4 Å². The van der Waals surface area contributed by atoms with Gasteiger partial charge in [-0.2, -0.15) is 0 Å². The molecule has 112 valence electrons. The number of aromatic nitrogens is 1. The molecule has 1 fully saturated rings. The molecule has 20 heavy (non-hydrogen) atoms. The summed E-state index contributed by atoms with van der Waals surface area (Å²) in [6.07, 6.45) is 4.54. The predicted molar refractivity (Wildman–Crippen MR) is 82.8 cm³/mol. The highest BCUT2D eigenvalue weighted by molar-refractivity contribution is 7.15. The van der Waals surface area contributed by atoms with Crippen molar-refractivity contribution in [1.82, 2.24) is 4.98 Å². The molecule has 0 radical (unpaired) electrons. The number of thiazole rings is 1. The number of aliphatic carboxylic acids is 1. The Hall–Kier alpha value is -1.10. The van der Waals surface area contributed by atoms with E-state index in [9.17, 15) is 4.79 Å². The van der Waals surface area contributed by atoms with Crippen LogP contribution in [0.3, 0.4) is 0 Å². The zero-order valence-electron chi connectivity index (χ0n) is 12.6. The zero-order chi connectivity index (χ0) is 14.7. The summed E-state index contributed by atoms with van der Waals surface area (Å²) in [6.45, 7) is 7.59. The lowest BCUT2D eigenvalue weighted by Crippen LogP contribution is -2.37. The van der Waals surface area contributed by atoms with E-state index in [1.54, 1.807) is 11.3 Å². The third-order valence-electron chi connectivity index (χ3n) is 3.88. The van der Waals surface area contributed by atoms with Crippen LogP contribution in [-0.2, 0) is 11.2 Å². The minimum atomic E-state index is -0.735. The van der Waals surface area contributed by atoms with Crippen LogP contribution in [0, 0.1) is 0 Å². The lowest BCUT2D eigenvalue weighted by atomic mass is 10.0. The van der Waals surface area contributed by atoms with Crippen molar-refractivity contribution in [2.75, 3.05) is 11.4 Å². The standard InChI is InChI=1S/C15H24N2O2S/c1-10(2)14-12(7-8-13(18)19)20-15(16-14)17-9-5-4-6-11(17)3/h10-11H,4-9H2,1-3H3,(H,18,19). The van der Waals surface area contributed by atoms with Crippen molar-refractivity contribution in [2.45, 2.75) is 64.8 Å². The molecule has 5 heteroatoms. The summed E-state index contributed by atoms with van der Waals surface area (Å²) in [6, 6.07) is 0.544. The Labute approximate surface area is 124 Å². The number of nitrogens with zero attached hydrogens (tertiary/aromatic N) is 2. The Morgan fingerprint density at radius 3 is 2.85 bits per heavy atom. The molecule has 1 saturated heterocycles. The number of carbonyl (C=O) groups is 1. The molecule has 0 aromatic carbocycles. The van der Waals surface area contributed by atoms with Gasteiger partial charge in [-0.05, 0) is 38.5 Å². The van der Waals surface area contributed by atoms with Crippen LogP contribution in [0.1, 0.15) is 62.9 Å². The Morgan fingerprint density at radius 2 is 2.25 bits per heavy atom. The molecule has 2 heterocycles. The monoisotopic (exact) mass is 296 g/mol. The summed E-state index contributed by atoms with van der Waals surface area (Å²) in [5.41, 5.74) is 1.09. The zero-order valence-corrected chi connectivity index (χ0v) is 13.4. The summed E-state index contributed by atoms with van der Waals surface area (Å²) in [5.74, 6) is -0.384. The molecule has 0 bridgehead atoms. The normalized spacial score (nSPS) is 19.6. The highest BCUT2D eigenvalue weighted by atomic mass is 32.1. The number of hydrogen-bond acceptors (Lipinski definition) is 4. The highest BCUT2D eigenvalue weighted by Gasteiger charge is 2.24. The number of carboxylic acids is 1. The smallest absolute Gasteiger partial charge is 0.303 e. The van der Waals surface area contributed by atoms with Crippen LogP contribution >= 0.6 is 11.3 Å². The Kier molecular flexibility index (Phi) is 5.02. The third kappa shape index (κ3) is 3.51. The fourth-order valence-electron chi connectivity index (χ4n) is 2.71. The van der Waals surface area contributed by atoms with Gasteiger partial charge in [0.15, 0.2) is 5.13 Å². The van der Waals surface area contributed by atoms with E-state index in [-0.39, 0.29) is 6.42 Å². The first kappa shape index (κ1) is 15.3. The summed E-state index contributed by atoms with van der Waals surface area (Å²) in [4.78, 5) is 19.1. The van der Waals surface area contributed by atoms with E-state index in [1.807, 2.05) is 0 Å². The molecule has 1 aliphatic rings. The van der Waals surface area contributed by atoms with Crippen molar-refractivity contribution in [2.24, 2.45) is 0 Å². The number of aryl methyl sites for hydroxylation is 1. The minimum absolute atomic E-state index is 0.191. The molecule has 0 aliphatic carbocycles. The van der Waals surface area contributed by atoms with E-state index in [0.717, 1.165) is 22.2 Å². The maximum absolute atomic E-state index is 10.8. The van der Waals surface area contributed by atoms with Crippen molar-refractivity contribution in [1.29, 1.82) is 0 Å². The van der Waals surface area contributed by atoms with Gasteiger partial charge >= 0.3 is 5.97 Å². The molecular formula is C15H24N2O2S. The maximum Gasteiger partial charge on any atom is 0.303 e. The first-order chi connectivity index (χ1) is 9.49. The number of hydrogen-bond donors (Lipinski definition) is 1. The van der Waals surface area contributed by atoms with E-state index >= 15 is 0 Å². The molecule has 0 saturated carbocycles. The molecular weight excluding hydrogens is 272 g/mol. The Balaban J connectivity index is 2.21. The second kappa shape index (κ2) is 6.57. The average molecular weight is 296 g/mol. The summed E-state index contributed by atoms with van der Waals surface area (Å²) >= 11 is 1.69. The van der Waals surface area contributed by atoms with Gasteiger partial charge in [0.25, 0.3) is 0 Å². The summed E-state index contributed by atoms with van der Waals surface area (Å²) in [5, 5.41) is 9.96. The van der Waals surface area contributed by atoms with Crippen LogP contribution in [0.2, 0.25) is 0 Å². The van der Waals surface area contributed by atoms with Gasteiger partial charge in [0.05, 0.1) is 12.1 Å². The first-order valence-corrected chi connectivity index (χ1v) is 8.28. The van der Waals surface area contributed by atoms with Gasteiger partial charge in [-0.1, -0.05) is 13.8 Å². The fourth-order valence-corrected chi connectivity index (χ4v) is 4.05. The summed E-state index contributed by atoms with van der Waals surface area (Å²) in [7, 11) is 0. The highest BCUT2D eigenvalue weighted by Crippen LogP contribution is 2.34. The van der Waals surface area contributed by atoms with Crippen molar-refractivity contribution in [3.05, 3.63) is 10.6 Å². The van der Waals surface area contributed by atoms with Crippen LogP contribution < -0.4 is 4.90 Å². The van der Waals surface area contributed by atoms with Crippen molar-refractivity contribution < 1.29 is 9.90 Å². The van der Waals surface area contributed by atoms with Gasteiger partial charge in [-0.15, -0.1) is 11.3 Å². The van der Waals surface area contributed by atoms with Crippen molar-refractivity contribution in [3.8, 4) is 0 Å². The van der Waals surface area contributed by atoms with Gasteiger partial charge in [0, 0.05) is 17.5 Å². The molecule has 1 aromatic heterocycles. The second-order valence-electron chi connectivity index (χ2n) is 5.89. The average Bonchev–Trinajstić information content (AvgIpc) is 2.81. The maximum atomic E-state index is 10.8. The van der Waals surface area contributed by atoms with Gasteiger partial charge in [-0.3, -0.25) is 4.79 Å². The van der Waals surface area contributed by atoms with Crippen molar-refractivity contribution in [3.63, 3.8) is 0 Å². The van der Waals surface area contributed by atoms with Crippen LogP contribution in [-0.4, -0.2) is 28.6 Å². The molecule has 2 rings (SSSR count). The number of anilines is 1. The topological polar surface area (TPSA) is 53.4 Å². The van der Waals surface area contributed by atoms with Crippen LogP contribution in [0.15, 0.2) is 0 Å². The number of carboxylic acid groups (broad SMARTS) is 1. The van der Waals surface area contributed by atoms with E-state index in [1.165, 1.54) is 19.3 Å². The Morgan fingerprint density at radius 1 is 1.50 bits per heavy atom. The molecule has 4 nitrogen and oxygen atoms in total. The Bertz CT molecular complexity index is 470. The molecule has 1 N–H and O–H groups in total. The second-order valence-corrected chi connectivity index (χ2v) is 6.95. The minimum Gasteiger partial charge on any atom is -0.481 e. The quantitative estimate of drug-likeness (QED) is 0.901. The molecule has 0 amide bonds. The van der Waals surface area contributed by atoms with Gasteiger partial charge in [0.1, 0.15) is 0 Å². The molecule has 1 unspecified atom stereocenters. The van der Waals surface area contributed by atoms with Gasteiger partial charge in [0.2, 0.25) is 0 Å². The number of rotatable bonds is 5. The number of piperidine rings is 1. The van der Waals surface area contributed by atoms with E-state index in [0.29, 0.717) is 18.4 Å². The van der Waals surface area contributed by atoms with Gasteiger partial charge < -0.3 is 10.0 Å². The SMILES string of the molecule is CC(C)c1nc(N2CCCCC2C)sc1CCC(=O)O. The van der Waals surface area contributed by atoms with E-state index in [4.69, 9.17) is 10.1 Å². The van der Waals surface area contributed by atoms with Crippen LogP contribution in [0.4, 0.5) is 5.13 Å². The first-order valence-electron chi connectivity index (χ1n) is 7.47. The molecule has 1 aromatic rings. The van der Waals surface area contributed by atoms with Crippen LogP contribution in [0.5, 0.6) is 0 Å². The fraction of sp³-hybridized carbons (Fsp3) is 0.733. The largest absolute Gasteiger partial charge is 0.481 e.